The van der Waals surface area contributed by atoms with Gasteiger partial charge in [-0.25, -0.2) is 0 Å². The number of nitrogens with zero attached hydrogens (tertiary/aromatic N) is 2. The summed E-state index contributed by atoms with van der Waals surface area (Å²) in [5.74, 6) is -0.900. The number of nitrogens with one attached hydrogen (secondary N) is 4. The second-order valence-corrected chi connectivity index (χ2v) is 10.9. The molecule has 0 spiro atoms. The van der Waals surface area contributed by atoms with Gasteiger partial charge in [-0.1, -0.05) is 36.2 Å². The van der Waals surface area contributed by atoms with Gasteiger partial charge >= 0.3 is 0 Å². The number of likely N-dealkylation sites (tertiary alicyclic amines) is 1. The quantitative estimate of drug-likeness (QED) is 0.217. The molecular weight excluding hydrogens is 536 g/mol. The Morgan fingerprint density at radius 2 is 1.77 bits per heavy atom. The van der Waals surface area contributed by atoms with Gasteiger partial charge in [-0.15, -0.1) is 11.3 Å². The van der Waals surface area contributed by atoms with Crippen molar-refractivity contribution in [3.63, 3.8) is 0 Å². The molecule has 0 aliphatic carbocycles. The van der Waals surface area contributed by atoms with Gasteiger partial charge in [-0.3, -0.25) is 14.4 Å². The van der Waals surface area contributed by atoms with Crippen LogP contribution in [0.2, 0.25) is 5.02 Å². The fourth-order valence-electron chi connectivity index (χ4n) is 4.78. The van der Waals surface area contributed by atoms with Crippen LogP contribution in [0.1, 0.15) is 56.8 Å². The predicted octanol–water partition coefficient (Wildman–Crippen LogP) is 5.42. The normalized spacial score (nSPS) is 13.9. The number of carbonyl (C=O) groups is 3. The maximum Gasteiger partial charge on any atom is 0.272 e. The van der Waals surface area contributed by atoms with Gasteiger partial charge in [-0.2, -0.15) is 0 Å². The molecule has 4 heterocycles. The molecule has 4 N–H and O–H groups in total. The van der Waals surface area contributed by atoms with Gasteiger partial charge in [0.05, 0.1) is 16.4 Å². The van der Waals surface area contributed by atoms with E-state index in [1.54, 1.807) is 29.1 Å². The highest BCUT2D eigenvalue weighted by Crippen LogP contribution is 2.35. The number of hydrogen-bond acceptors (Lipinski definition) is 5. The van der Waals surface area contributed by atoms with Crippen molar-refractivity contribution in [2.45, 2.75) is 32.7 Å². The Balaban J connectivity index is 1.19. The van der Waals surface area contributed by atoms with E-state index in [1.807, 2.05) is 31.2 Å². The number of H-pyrrole nitrogens is 1. The molecule has 4 aromatic rings. The van der Waals surface area contributed by atoms with Gasteiger partial charge in [0.25, 0.3) is 17.7 Å². The van der Waals surface area contributed by atoms with Crippen molar-refractivity contribution in [1.29, 1.82) is 0 Å². The molecule has 1 aliphatic heterocycles. The van der Waals surface area contributed by atoms with Crippen molar-refractivity contribution in [2.24, 2.45) is 0 Å². The molecule has 11 heteroatoms. The zero-order chi connectivity index (χ0) is 27.4. The van der Waals surface area contributed by atoms with Crippen LogP contribution in [-0.2, 0) is 6.54 Å². The molecule has 0 atom stereocenters. The van der Waals surface area contributed by atoms with Gasteiger partial charge < -0.3 is 30.4 Å². The second-order valence-electron chi connectivity index (χ2n) is 9.51. The molecule has 0 saturated carbocycles. The molecule has 0 unspecified atom stereocenters. The molecule has 3 amide bonds. The fraction of sp³-hybridized carbons (Fsp3) is 0.321. The standard InChI is InChI=1S/C28H31ClN6O3S/c1-2-35-17-19(15-22(35)27(37)30-10-13-34-11-6-3-7-12-34)33-26(36)21-14-18(16-31-21)32-28(38)25-24(29)20-8-4-5-9-23(20)39-25/h4-5,8-9,14-17,31H,2-3,6-7,10-13H2,1H3,(H,30,37)(H,32,38)(H,33,36). The molecule has 1 aromatic carbocycles. The summed E-state index contributed by atoms with van der Waals surface area (Å²) in [5, 5.41) is 9.86. The van der Waals surface area contributed by atoms with Gasteiger partial charge in [-0.05, 0) is 51.1 Å². The molecule has 0 bridgehead atoms. The van der Waals surface area contributed by atoms with Crippen LogP contribution >= 0.6 is 22.9 Å². The molecule has 9 nitrogen and oxygen atoms in total. The largest absolute Gasteiger partial charge is 0.355 e. The number of aryl methyl sites for hydroxylation is 1. The monoisotopic (exact) mass is 566 g/mol. The van der Waals surface area contributed by atoms with Crippen molar-refractivity contribution >= 4 is 62.1 Å². The van der Waals surface area contributed by atoms with E-state index in [0.29, 0.717) is 40.1 Å². The third kappa shape index (κ3) is 6.19. The lowest BCUT2D eigenvalue weighted by molar-refractivity contribution is 0.0936. The number of carbonyl (C=O) groups excluding carboxylic acids is 3. The summed E-state index contributed by atoms with van der Waals surface area (Å²) in [6, 6.07) is 10.8. The first-order valence-corrected chi connectivity index (χ1v) is 14.3. The van der Waals surface area contributed by atoms with E-state index in [0.717, 1.165) is 29.7 Å². The smallest absolute Gasteiger partial charge is 0.272 e. The Hall–Kier alpha value is -3.60. The van der Waals surface area contributed by atoms with Crippen molar-refractivity contribution in [2.75, 3.05) is 36.8 Å². The lowest BCUT2D eigenvalue weighted by atomic mass is 10.1. The maximum absolute atomic E-state index is 12.9. The van der Waals surface area contributed by atoms with Gasteiger partial charge in [0.15, 0.2) is 0 Å². The summed E-state index contributed by atoms with van der Waals surface area (Å²) >= 11 is 7.74. The molecular formula is C28H31ClN6O3S. The van der Waals surface area contributed by atoms with E-state index in [2.05, 4.69) is 25.8 Å². The fourth-order valence-corrected chi connectivity index (χ4v) is 6.19. The number of fused-ring (bicyclic) bond motifs is 1. The van der Waals surface area contributed by atoms with Crippen LogP contribution in [0, 0.1) is 0 Å². The summed E-state index contributed by atoms with van der Waals surface area (Å²) < 4.78 is 2.73. The zero-order valence-corrected chi connectivity index (χ0v) is 23.3. The van der Waals surface area contributed by atoms with Gasteiger partial charge in [0.1, 0.15) is 16.3 Å². The van der Waals surface area contributed by atoms with E-state index in [4.69, 9.17) is 11.6 Å². The van der Waals surface area contributed by atoms with E-state index < -0.39 is 0 Å². The topological polar surface area (TPSA) is 111 Å². The van der Waals surface area contributed by atoms with Crippen LogP contribution in [0.25, 0.3) is 10.1 Å². The van der Waals surface area contributed by atoms with Gasteiger partial charge in [0, 0.05) is 42.1 Å². The second kappa shape index (κ2) is 12.1. The van der Waals surface area contributed by atoms with E-state index >= 15 is 0 Å². The minimum absolute atomic E-state index is 0.167. The summed E-state index contributed by atoms with van der Waals surface area (Å²) in [6.45, 7) is 6.12. The van der Waals surface area contributed by atoms with Crippen molar-refractivity contribution in [3.05, 3.63) is 70.1 Å². The lowest BCUT2D eigenvalue weighted by Crippen LogP contribution is -2.38. The Labute approximate surface area is 235 Å². The molecule has 1 saturated heterocycles. The lowest BCUT2D eigenvalue weighted by Gasteiger charge is -2.26. The number of piperidine rings is 1. The Bertz CT molecular complexity index is 1500. The first-order chi connectivity index (χ1) is 18.9. The number of benzene rings is 1. The Morgan fingerprint density at radius 3 is 2.54 bits per heavy atom. The molecule has 1 fully saturated rings. The van der Waals surface area contributed by atoms with Crippen molar-refractivity contribution in [3.8, 4) is 0 Å². The summed E-state index contributed by atoms with van der Waals surface area (Å²) in [5.41, 5.74) is 1.72. The first kappa shape index (κ1) is 27.0. The molecule has 3 aromatic heterocycles. The van der Waals surface area contributed by atoms with E-state index in [-0.39, 0.29) is 23.4 Å². The van der Waals surface area contributed by atoms with Crippen molar-refractivity contribution < 1.29 is 14.4 Å². The first-order valence-electron chi connectivity index (χ1n) is 13.1. The minimum atomic E-state index is -0.388. The van der Waals surface area contributed by atoms with Crippen LogP contribution in [0.15, 0.2) is 48.8 Å². The summed E-state index contributed by atoms with van der Waals surface area (Å²) in [7, 11) is 0. The van der Waals surface area contributed by atoms with Crippen molar-refractivity contribution in [1.82, 2.24) is 19.8 Å². The average molecular weight is 567 g/mol. The predicted molar refractivity (Wildman–Crippen MR) is 156 cm³/mol. The average Bonchev–Trinajstić information content (AvgIpc) is 3.67. The molecule has 0 radical (unpaired) electrons. The number of amides is 3. The highest BCUT2D eigenvalue weighted by atomic mass is 35.5. The number of aromatic nitrogens is 2. The number of hydrogen-bond donors (Lipinski definition) is 4. The highest BCUT2D eigenvalue weighted by Gasteiger charge is 2.19. The van der Waals surface area contributed by atoms with Crippen LogP contribution in [0.4, 0.5) is 11.4 Å². The van der Waals surface area contributed by atoms with E-state index in [1.165, 1.54) is 30.6 Å². The molecule has 204 valence electrons. The summed E-state index contributed by atoms with van der Waals surface area (Å²) in [6.07, 6.45) is 7.00. The third-order valence-electron chi connectivity index (χ3n) is 6.82. The SMILES string of the molecule is CCn1cc(NC(=O)c2cc(NC(=O)c3sc4ccccc4c3Cl)c[nH]2)cc1C(=O)NCCN1CCCCC1. The number of anilines is 2. The summed E-state index contributed by atoms with van der Waals surface area (Å²) in [4.78, 5) is 44.2. The third-order valence-corrected chi connectivity index (χ3v) is 8.49. The Morgan fingerprint density at radius 1 is 1.00 bits per heavy atom. The molecule has 39 heavy (non-hydrogen) atoms. The van der Waals surface area contributed by atoms with Crippen LogP contribution < -0.4 is 16.0 Å². The number of rotatable bonds is 9. The van der Waals surface area contributed by atoms with Gasteiger partial charge in [0.2, 0.25) is 0 Å². The Kier molecular flexibility index (Phi) is 8.35. The minimum Gasteiger partial charge on any atom is -0.355 e. The van der Waals surface area contributed by atoms with Crippen LogP contribution in [0.5, 0.6) is 0 Å². The van der Waals surface area contributed by atoms with Crippen LogP contribution in [-0.4, -0.2) is 58.4 Å². The van der Waals surface area contributed by atoms with E-state index in [9.17, 15) is 14.4 Å². The number of aromatic amines is 1. The molecule has 1 aliphatic rings. The maximum atomic E-state index is 12.9. The van der Waals surface area contributed by atoms with Crippen LogP contribution in [0.3, 0.4) is 0 Å². The zero-order valence-electron chi connectivity index (χ0n) is 21.7. The number of thiophene rings is 1. The molecule has 5 rings (SSSR count). The highest BCUT2D eigenvalue weighted by molar-refractivity contribution is 7.21. The number of halogens is 1.